The van der Waals surface area contributed by atoms with Gasteiger partial charge in [-0.2, -0.15) is 0 Å². The van der Waals surface area contributed by atoms with Gasteiger partial charge in [0, 0.05) is 5.41 Å². The molecule has 5 heteroatoms. The Morgan fingerprint density at radius 1 is 1.04 bits per heavy atom. The fraction of sp³-hybridized carbons (Fsp3) is 0.950. The average Bonchev–Trinajstić information content (AvgIpc) is 2.77. The summed E-state index contributed by atoms with van der Waals surface area (Å²) in [6, 6.07) is 0. The smallest absolute Gasteiger partial charge is 0.128 e. The highest BCUT2D eigenvalue weighted by molar-refractivity contribution is 5.61. The average molecular weight is 352 g/mol. The van der Waals surface area contributed by atoms with E-state index in [1.54, 1.807) is 0 Å². The van der Waals surface area contributed by atoms with E-state index in [9.17, 15) is 25.2 Å². The van der Waals surface area contributed by atoms with E-state index in [1.807, 2.05) is 6.92 Å². The molecule has 4 fully saturated rings. The van der Waals surface area contributed by atoms with Gasteiger partial charge >= 0.3 is 0 Å². The van der Waals surface area contributed by atoms with Crippen LogP contribution in [0.4, 0.5) is 0 Å². The first kappa shape index (κ1) is 17.9. The zero-order chi connectivity index (χ0) is 18.3. The third-order valence-electron chi connectivity index (χ3n) is 9.27. The van der Waals surface area contributed by atoms with Crippen molar-refractivity contribution in [2.75, 3.05) is 6.61 Å². The molecule has 0 aromatic heterocycles. The second-order valence-electron chi connectivity index (χ2n) is 9.95. The van der Waals surface area contributed by atoms with E-state index in [2.05, 4.69) is 6.92 Å². The van der Waals surface area contributed by atoms with Gasteiger partial charge in [-0.15, -0.1) is 0 Å². The van der Waals surface area contributed by atoms with Gasteiger partial charge in [-0.1, -0.05) is 13.8 Å². The Kier molecular flexibility index (Phi) is 3.78. The van der Waals surface area contributed by atoms with Crippen LogP contribution in [0.1, 0.15) is 58.8 Å². The molecule has 4 aliphatic carbocycles. The lowest BCUT2D eigenvalue weighted by Crippen LogP contribution is -2.63. The molecule has 5 nitrogen and oxygen atoms in total. The van der Waals surface area contributed by atoms with Crippen LogP contribution in [-0.2, 0) is 4.79 Å². The van der Waals surface area contributed by atoms with Crippen molar-refractivity contribution in [2.24, 2.45) is 34.0 Å². The Hall–Kier alpha value is -0.490. The zero-order valence-electron chi connectivity index (χ0n) is 15.3. The molecule has 9 atom stereocenters. The number of carbonyl (C=O) groups excluding carboxylic acids is 1. The Balaban J connectivity index is 1.77. The second-order valence-corrected chi connectivity index (χ2v) is 9.95. The van der Waals surface area contributed by atoms with Gasteiger partial charge in [0.2, 0.25) is 0 Å². The second kappa shape index (κ2) is 5.28. The highest BCUT2D eigenvalue weighted by Crippen LogP contribution is 2.72. The van der Waals surface area contributed by atoms with Crippen molar-refractivity contribution < 1.29 is 25.2 Å². The Morgan fingerprint density at radius 2 is 1.76 bits per heavy atom. The third-order valence-corrected chi connectivity index (χ3v) is 9.27. The third kappa shape index (κ3) is 1.91. The molecular weight excluding hydrogens is 320 g/mol. The number of rotatable bonds is 2. The summed E-state index contributed by atoms with van der Waals surface area (Å²) in [5.74, 6) is 0.274. The van der Waals surface area contributed by atoms with Crippen LogP contribution in [0.3, 0.4) is 0 Å². The summed E-state index contributed by atoms with van der Waals surface area (Å²) < 4.78 is 0. The van der Waals surface area contributed by atoms with Crippen molar-refractivity contribution in [1.82, 2.24) is 0 Å². The summed E-state index contributed by atoms with van der Waals surface area (Å²) in [6.07, 6.45) is 4.94. The van der Waals surface area contributed by atoms with Gasteiger partial charge in [0.25, 0.3) is 0 Å². The largest absolute Gasteiger partial charge is 0.393 e. The van der Waals surface area contributed by atoms with Crippen molar-refractivity contribution in [3.8, 4) is 0 Å². The van der Waals surface area contributed by atoms with Crippen LogP contribution in [0.15, 0.2) is 0 Å². The van der Waals surface area contributed by atoms with E-state index in [-0.39, 0.29) is 28.6 Å². The Morgan fingerprint density at radius 3 is 2.40 bits per heavy atom. The van der Waals surface area contributed by atoms with Gasteiger partial charge in [-0.05, 0) is 68.1 Å². The molecule has 4 saturated carbocycles. The summed E-state index contributed by atoms with van der Waals surface area (Å²) in [5.41, 5.74) is -2.61. The number of aldehydes is 1. The van der Waals surface area contributed by atoms with Gasteiger partial charge in [0.1, 0.15) is 11.9 Å². The van der Waals surface area contributed by atoms with E-state index >= 15 is 0 Å². The van der Waals surface area contributed by atoms with Crippen LogP contribution in [0.25, 0.3) is 0 Å². The summed E-state index contributed by atoms with van der Waals surface area (Å²) in [5, 5.41) is 42.4. The number of hydrogen-bond acceptors (Lipinski definition) is 5. The molecule has 2 bridgehead atoms. The molecule has 0 saturated heterocycles. The lowest BCUT2D eigenvalue weighted by atomic mass is 9.40. The van der Waals surface area contributed by atoms with Crippen LogP contribution in [0.2, 0.25) is 0 Å². The molecule has 0 radical (unpaired) electrons. The van der Waals surface area contributed by atoms with Crippen molar-refractivity contribution in [2.45, 2.75) is 76.6 Å². The summed E-state index contributed by atoms with van der Waals surface area (Å²) in [7, 11) is 0. The van der Waals surface area contributed by atoms with Gasteiger partial charge in [0.05, 0.1) is 24.2 Å². The van der Waals surface area contributed by atoms with Gasteiger partial charge < -0.3 is 25.2 Å². The van der Waals surface area contributed by atoms with Gasteiger partial charge in [0.15, 0.2) is 0 Å². The van der Waals surface area contributed by atoms with Crippen LogP contribution < -0.4 is 0 Å². The molecule has 0 aromatic carbocycles. The van der Waals surface area contributed by atoms with Crippen LogP contribution in [-0.4, -0.2) is 51.1 Å². The van der Waals surface area contributed by atoms with Crippen molar-refractivity contribution >= 4 is 6.29 Å². The van der Waals surface area contributed by atoms with Crippen LogP contribution in [0.5, 0.6) is 0 Å². The fourth-order valence-electron chi connectivity index (χ4n) is 7.93. The molecule has 142 valence electrons. The Labute approximate surface area is 149 Å². The molecule has 4 rings (SSSR count). The summed E-state index contributed by atoms with van der Waals surface area (Å²) in [4.78, 5) is 11.9. The maximum atomic E-state index is 11.9. The monoisotopic (exact) mass is 352 g/mol. The van der Waals surface area contributed by atoms with E-state index in [0.717, 1.165) is 44.8 Å². The minimum absolute atomic E-state index is 0.0458. The molecule has 4 N–H and O–H groups in total. The molecule has 0 aromatic rings. The minimum Gasteiger partial charge on any atom is -0.393 e. The molecule has 1 spiro atoms. The van der Waals surface area contributed by atoms with Crippen LogP contribution >= 0.6 is 0 Å². The lowest BCUT2D eigenvalue weighted by Gasteiger charge is -2.64. The van der Waals surface area contributed by atoms with E-state index in [1.165, 1.54) is 0 Å². The Bertz CT molecular complexity index is 580. The normalized spacial score (nSPS) is 60.6. The predicted molar refractivity (Wildman–Crippen MR) is 91.5 cm³/mol. The molecule has 25 heavy (non-hydrogen) atoms. The first-order chi connectivity index (χ1) is 11.7. The maximum absolute atomic E-state index is 11.9. The lowest BCUT2D eigenvalue weighted by molar-refractivity contribution is -0.206. The number of fused-ring (bicyclic) bond motifs is 3. The van der Waals surface area contributed by atoms with Gasteiger partial charge in [-0.25, -0.2) is 0 Å². The maximum Gasteiger partial charge on any atom is 0.128 e. The SMILES string of the molecule is C[C@@]1(C=O)[C@H](O)CC[C@]2(C)[C@@H]1CC[C@@]13C[C@@H](CC[C@@H]21)[C@@](O)(CO)[C@@H]3O. The first-order valence-electron chi connectivity index (χ1n) is 9.85. The molecule has 4 aliphatic rings. The molecule has 0 unspecified atom stereocenters. The van der Waals surface area contributed by atoms with Crippen LogP contribution in [0, 0.1) is 34.0 Å². The van der Waals surface area contributed by atoms with Gasteiger partial charge in [-0.3, -0.25) is 0 Å². The molecular formula is C20H32O5. The predicted octanol–water partition coefficient (Wildman–Crippen LogP) is 1.26. The minimum atomic E-state index is -1.39. The summed E-state index contributed by atoms with van der Waals surface area (Å²) in [6.45, 7) is 3.74. The highest BCUT2D eigenvalue weighted by Gasteiger charge is 2.72. The quantitative estimate of drug-likeness (QED) is 0.561. The number of hydrogen-bond donors (Lipinski definition) is 4. The standard InChI is InChI=1S/C20H32O5/c1-17-7-6-15(23)18(2,10-21)13(17)5-8-19-9-12(3-4-14(17)19)20(25,11-22)16(19)24/h10,12-16,22-25H,3-9,11H2,1-2H3/t12-,13+,14+,15-,16-,17-,18+,19-,20+/m1/s1. The first-order valence-corrected chi connectivity index (χ1v) is 9.85. The van der Waals surface area contributed by atoms with Crippen molar-refractivity contribution in [1.29, 1.82) is 0 Å². The van der Waals surface area contributed by atoms with Crippen molar-refractivity contribution in [3.63, 3.8) is 0 Å². The number of aliphatic hydroxyl groups excluding tert-OH is 3. The van der Waals surface area contributed by atoms with E-state index < -0.39 is 29.8 Å². The number of carbonyl (C=O) groups is 1. The van der Waals surface area contributed by atoms with E-state index in [4.69, 9.17) is 0 Å². The van der Waals surface area contributed by atoms with E-state index in [0.29, 0.717) is 6.42 Å². The highest BCUT2D eigenvalue weighted by atomic mass is 16.4. The van der Waals surface area contributed by atoms with Crippen molar-refractivity contribution in [3.05, 3.63) is 0 Å². The number of aliphatic hydroxyl groups is 4. The topological polar surface area (TPSA) is 98.0 Å². The molecule has 0 heterocycles. The molecule has 0 amide bonds. The fourth-order valence-corrected chi connectivity index (χ4v) is 7.93. The zero-order valence-corrected chi connectivity index (χ0v) is 15.3. The molecule has 0 aliphatic heterocycles. The summed E-state index contributed by atoms with van der Waals surface area (Å²) >= 11 is 0.